The average molecular weight is 602 g/mol. The fourth-order valence-corrected chi connectivity index (χ4v) is 6.46. The van der Waals surface area contributed by atoms with Gasteiger partial charge in [0.05, 0.1) is 39.4 Å². The fourth-order valence-electron chi connectivity index (χ4n) is 6.22. The second kappa shape index (κ2) is 10.3. The molecule has 1 saturated heterocycles. The molecule has 1 saturated carbocycles. The van der Waals surface area contributed by atoms with E-state index in [0.29, 0.717) is 53.7 Å². The van der Waals surface area contributed by atoms with Crippen LogP contribution in [0.4, 0.5) is 15.9 Å². The Labute approximate surface area is 251 Å². The molecule has 2 bridgehead atoms. The van der Waals surface area contributed by atoms with Gasteiger partial charge in [-0.2, -0.15) is 4.98 Å². The van der Waals surface area contributed by atoms with Crippen molar-refractivity contribution < 1.29 is 13.9 Å². The van der Waals surface area contributed by atoms with Gasteiger partial charge >= 0.3 is 5.69 Å². The summed E-state index contributed by atoms with van der Waals surface area (Å²) in [6.07, 6.45) is 3.72. The summed E-state index contributed by atoms with van der Waals surface area (Å²) < 4.78 is 23.1. The molecule has 0 spiro atoms. The second-order valence-electron chi connectivity index (χ2n) is 11.2. The molecule has 2 aliphatic heterocycles. The summed E-state index contributed by atoms with van der Waals surface area (Å²) in [7, 11) is 0. The van der Waals surface area contributed by atoms with Crippen LogP contribution in [0, 0.1) is 5.82 Å². The maximum Gasteiger partial charge on any atom is 0.356 e. The van der Waals surface area contributed by atoms with Gasteiger partial charge in [0.15, 0.2) is 5.65 Å². The molecule has 0 unspecified atom stereocenters. The number of halogens is 2. The average Bonchev–Trinajstić information content (AvgIpc) is 3.79. The van der Waals surface area contributed by atoms with Crippen molar-refractivity contribution in [3.05, 3.63) is 76.2 Å². The van der Waals surface area contributed by atoms with Gasteiger partial charge in [0, 0.05) is 37.6 Å². The van der Waals surface area contributed by atoms with Gasteiger partial charge in [-0.05, 0) is 36.6 Å². The van der Waals surface area contributed by atoms with Crippen molar-refractivity contribution >= 4 is 40.0 Å². The maximum absolute atomic E-state index is 15.5. The Bertz CT molecular complexity index is 1880. The van der Waals surface area contributed by atoms with Crippen molar-refractivity contribution in [1.29, 1.82) is 0 Å². The van der Waals surface area contributed by atoms with Crippen LogP contribution in [0.15, 0.2) is 54.0 Å². The summed E-state index contributed by atoms with van der Waals surface area (Å²) in [5.41, 5.74) is 1.64. The zero-order valence-corrected chi connectivity index (χ0v) is 24.4. The van der Waals surface area contributed by atoms with E-state index >= 15 is 4.39 Å². The normalized spacial score (nSPS) is 19.0. The van der Waals surface area contributed by atoms with Crippen LogP contribution in [0.5, 0.6) is 5.75 Å². The molecule has 1 aliphatic carbocycles. The number of rotatable bonds is 3. The Morgan fingerprint density at radius 2 is 2.07 bits per heavy atom. The lowest BCUT2D eigenvalue weighted by molar-refractivity contribution is -0.126. The third kappa shape index (κ3) is 4.41. The highest BCUT2D eigenvalue weighted by Gasteiger charge is 2.51. The van der Waals surface area contributed by atoms with Crippen LogP contribution < -0.4 is 20.6 Å². The van der Waals surface area contributed by atoms with E-state index in [1.54, 1.807) is 35.4 Å². The predicted molar refractivity (Wildman–Crippen MR) is 163 cm³/mol. The number of pyridine rings is 2. The maximum atomic E-state index is 15.5. The zero-order valence-electron chi connectivity index (χ0n) is 23.7. The number of benzene rings is 1. The number of amides is 1. The Hall–Kier alpha value is -4.51. The number of ether oxygens (including phenoxy) is 1. The van der Waals surface area contributed by atoms with Gasteiger partial charge < -0.3 is 19.9 Å². The monoisotopic (exact) mass is 601 g/mol. The van der Waals surface area contributed by atoms with E-state index in [4.69, 9.17) is 21.3 Å². The third-order valence-electron chi connectivity index (χ3n) is 8.25. The molecule has 10 nitrogen and oxygen atoms in total. The fraction of sp³-hybridized carbons (Fsp3) is 0.323. The predicted octanol–water partition coefficient (Wildman–Crippen LogP) is 4.54. The minimum absolute atomic E-state index is 0.00277. The van der Waals surface area contributed by atoms with Crippen molar-refractivity contribution in [2.45, 2.75) is 38.3 Å². The highest BCUT2D eigenvalue weighted by atomic mass is 35.5. The highest BCUT2D eigenvalue weighted by Crippen LogP contribution is 2.43. The van der Waals surface area contributed by atoms with Crippen molar-refractivity contribution in [3.63, 3.8) is 0 Å². The van der Waals surface area contributed by atoms with Gasteiger partial charge in [-0.15, -0.1) is 0 Å². The summed E-state index contributed by atoms with van der Waals surface area (Å²) >= 11 is 6.90. The van der Waals surface area contributed by atoms with E-state index < -0.39 is 11.5 Å². The largest absolute Gasteiger partial charge is 0.489 e. The molecule has 1 amide bonds. The first kappa shape index (κ1) is 27.3. The smallest absolute Gasteiger partial charge is 0.356 e. The number of hydrogen-bond acceptors (Lipinski definition) is 8. The molecule has 4 aromatic rings. The van der Waals surface area contributed by atoms with Crippen molar-refractivity contribution in [3.8, 4) is 22.7 Å². The molecule has 2 fully saturated rings. The van der Waals surface area contributed by atoms with Gasteiger partial charge in [0.25, 0.3) is 0 Å². The lowest BCUT2D eigenvalue weighted by Crippen LogP contribution is -2.49. The van der Waals surface area contributed by atoms with Crippen LogP contribution >= 0.6 is 11.6 Å². The van der Waals surface area contributed by atoms with Crippen LogP contribution in [-0.2, 0) is 4.79 Å². The quantitative estimate of drug-likeness (QED) is 0.341. The Kier molecular flexibility index (Phi) is 6.57. The molecular weight excluding hydrogens is 573 g/mol. The SMILES string of the molecule is C=CC(=O)N1CCN(c2nc(=O)n3c4nc(c(Cl)cc24)-c2c(F)cccc2NCCOc2ccnc(C(C)C)c2-3)[C@H]2C[C@H]21. The number of piperazine rings is 1. The van der Waals surface area contributed by atoms with Crippen molar-refractivity contribution in [2.75, 3.05) is 36.5 Å². The minimum atomic E-state index is -0.575. The summed E-state index contributed by atoms with van der Waals surface area (Å²) in [5.74, 6) is 0.186. The number of anilines is 2. The lowest BCUT2D eigenvalue weighted by atomic mass is 10.1. The minimum Gasteiger partial charge on any atom is -0.489 e. The van der Waals surface area contributed by atoms with E-state index in [1.807, 2.05) is 18.7 Å². The molecule has 7 rings (SSSR count). The van der Waals surface area contributed by atoms with E-state index in [2.05, 4.69) is 21.9 Å². The number of carbonyl (C=O) groups is 1. The first-order chi connectivity index (χ1) is 20.8. The Morgan fingerprint density at radius 3 is 2.86 bits per heavy atom. The van der Waals surface area contributed by atoms with Gasteiger partial charge in [-0.1, -0.05) is 38.1 Å². The zero-order chi connectivity index (χ0) is 30.0. The summed E-state index contributed by atoms with van der Waals surface area (Å²) in [6.45, 7) is 9.10. The second-order valence-corrected chi connectivity index (χ2v) is 11.6. The molecule has 5 heterocycles. The Balaban J connectivity index is 1.53. The highest BCUT2D eigenvalue weighted by molar-refractivity contribution is 6.34. The molecule has 0 radical (unpaired) electrons. The van der Waals surface area contributed by atoms with Crippen LogP contribution in [0.1, 0.15) is 31.9 Å². The van der Waals surface area contributed by atoms with E-state index in [9.17, 15) is 9.59 Å². The van der Waals surface area contributed by atoms with Crippen LogP contribution in [-0.4, -0.2) is 68.7 Å². The van der Waals surface area contributed by atoms with E-state index in [-0.39, 0.29) is 52.4 Å². The van der Waals surface area contributed by atoms with Crippen molar-refractivity contribution in [1.82, 2.24) is 24.4 Å². The molecule has 12 heteroatoms. The molecule has 1 aromatic carbocycles. The molecule has 220 valence electrons. The number of nitrogens with zero attached hydrogens (tertiary/aromatic N) is 6. The Morgan fingerprint density at radius 1 is 1.23 bits per heavy atom. The van der Waals surface area contributed by atoms with Gasteiger partial charge in [0.1, 0.15) is 29.7 Å². The first-order valence-electron chi connectivity index (χ1n) is 14.3. The molecule has 2 atom stereocenters. The van der Waals surface area contributed by atoms with Crippen LogP contribution in [0.3, 0.4) is 0 Å². The summed E-state index contributed by atoms with van der Waals surface area (Å²) in [5, 5.41) is 3.98. The summed E-state index contributed by atoms with van der Waals surface area (Å²) in [6, 6.07) is 8.11. The van der Waals surface area contributed by atoms with E-state index in [0.717, 1.165) is 6.42 Å². The van der Waals surface area contributed by atoms with Crippen LogP contribution in [0.25, 0.3) is 28.0 Å². The summed E-state index contributed by atoms with van der Waals surface area (Å²) in [4.78, 5) is 44.5. The standard InChI is InChI=1S/C31H29ClFN7O3/c1-4-24(41)38-11-12-39(22-15-21(22)38)29-17-14-18(32)27-25-19(33)6-5-7-20(25)34-10-13-43-23-8-9-35-26(16(2)3)28(23)40(30(17)36-27)31(42)37-29/h4-9,14,16,21-22,34H,1,10-13,15H2,2-3H3/t21-,22+/m1/s1. The lowest BCUT2D eigenvalue weighted by Gasteiger charge is -2.35. The third-order valence-corrected chi connectivity index (χ3v) is 8.54. The topological polar surface area (TPSA) is 105 Å². The van der Waals surface area contributed by atoms with Gasteiger partial charge in [-0.3, -0.25) is 9.78 Å². The molecule has 43 heavy (non-hydrogen) atoms. The molecular formula is C31H29ClFN7O3. The van der Waals surface area contributed by atoms with Gasteiger partial charge in [-0.25, -0.2) is 18.7 Å². The molecule has 3 aromatic heterocycles. The van der Waals surface area contributed by atoms with Crippen molar-refractivity contribution in [2.24, 2.45) is 0 Å². The molecule has 1 N–H and O–H groups in total. The molecule has 3 aliphatic rings. The van der Waals surface area contributed by atoms with Gasteiger partial charge in [0.2, 0.25) is 5.91 Å². The van der Waals surface area contributed by atoms with Crippen LogP contribution in [0.2, 0.25) is 5.02 Å². The first-order valence-corrected chi connectivity index (χ1v) is 14.6. The number of aromatic nitrogens is 4. The number of fused-ring (bicyclic) bond motifs is 6. The number of carbonyl (C=O) groups excluding carboxylic acids is 1. The number of hydrogen-bond donors (Lipinski definition) is 1. The number of nitrogens with one attached hydrogen (secondary N) is 1. The van der Waals surface area contributed by atoms with E-state index in [1.165, 1.54) is 16.7 Å².